The molecule has 1 amide bonds. The molecule has 0 aliphatic heterocycles. The summed E-state index contributed by atoms with van der Waals surface area (Å²) in [6.07, 6.45) is 3.45. The highest BCUT2D eigenvalue weighted by Gasteiger charge is 2.18. The molecule has 0 radical (unpaired) electrons. The Morgan fingerprint density at radius 1 is 1.13 bits per heavy atom. The molecule has 2 N–H and O–H groups in total. The number of carbonyl (C=O) groups is 1. The lowest BCUT2D eigenvalue weighted by atomic mass is 10.2. The van der Waals surface area contributed by atoms with Gasteiger partial charge in [-0.3, -0.25) is 9.36 Å². The fourth-order valence-corrected chi connectivity index (χ4v) is 2.78. The van der Waals surface area contributed by atoms with E-state index in [2.05, 4.69) is 10.3 Å². The van der Waals surface area contributed by atoms with Crippen molar-refractivity contribution in [2.75, 3.05) is 11.6 Å². The third kappa shape index (κ3) is 3.07. The molecule has 0 aliphatic carbocycles. The van der Waals surface area contributed by atoms with E-state index in [0.29, 0.717) is 11.4 Å². The molecule has 0 saturated heterocycles. The minimum atomic E-state index is -0.330. The van der Waals surface area contributed by atoms with E-state index in [1.807, 2.05) is 36.6 Å². The van der Waals surface area contributed by atoms with Crippen LogP contribution in [0.15, 0.2) is 66.0 Å². The number of anilines is 1. The maximum absolute atomic E-state index is 12.6. The number of carbonyl (C=O) groups excluding carboxylic acids is 1. The second kappa shape index (κ2) is 6.58. The molecule has 6 heteroatoms. The highest BCUT2D eigenvalue weighted by molar-refractivity contribution is 7.98. The smallest absolute Gasteiger partial charge is 0.274 e. The number of hydrogen-bond acceptors (Lipinski definition) is 4. The molecular weight excluding hydrogens is 310 g/mol. The molecule has 0 unspecified atom stereocenters. The highest BCUT2D eigenvalue weighted by atomic mass is 32.2. The van der Waals surface area contributed by atoms with Crippen LogP contribution >= 0.6 is 11.8 Å². The van der Waals surface area contributed by atoms with Gasteiger partial charge in [-0.25, -0.2) is 4.98 Å². The van der Waals surface area contributed by atoms with Crippen LogP contribution in [0.5, 0.6) is 5.75 Å². The lowest BCUT2D eigenvalue weighted by Crippen LogP contribution is -2.16. The van der Waals surface area contributed by atoms with Crippen LogP contribution in [0.3, 0.4) is 0 Å². The Morgan fingerprint density at radius 2 is 1.83 bits per heavy atom. The lowest BCUT2D eigenvalue weighted by molar-refractivity contribution is 0.101. The van der Waals surface area contributed by atoms with Crippen molar-refractivity contribution in [3.63, 3.8) is 0 Å². The van der Waals surface area contributed by atoms with Gasteiger partial charge in [0.1, 0.15) is 11.4 Å². The number of benzene rings is 2. The highest BCUT2D eigenvalue weighted by Crippen LogP contribution is 2.25. The summed E-state index contributed by atoms with van der Waals surface area (Å²) in [6, 6.07) is 16.2. The van der Waals surface area contributed by atoms with Gasteiger partial charge >= 0.3 is 0 Å². The Balaban J connectivity index is 1.99. The Labute approximate surface area is 138 Å². The Bertz CT molecular complexity index is 831. The number of imidazole rings is 1. The summed E-state index contributed by atoms with van der Waals surface area (Å²) in [5.74, 6) is -0.306. The molecule has 0 bridgehead atoms. The second-order valence-corrected chi connectivity index (χ2v) is 5.55. The number of nitrogens with zero attached hydrogens (tertiary/aromatic N) is 2. The number of amides is 1. The Morgan fingerprint density at radius 3 is 2.52 bits per heavy atom. The molecule has 1 aromatic heterocycles. The van der Waals surface area contributed by atoms with Gasteiger partial charge in [-0.1, -0.05) is 42.1 Å². The number of phenolic OH excluding ortho intramolecular Hbond substituents is 1. The number of aromatic nitrogens is 2. The SMILES string of the molecule is CSc1ncc(C(=O)Nc2ccccc2O)n1-c1ccccc1. The van der Waals surface area contributed by atoms with Crippen LogP contribution in [0.4, 0.5) is 5.69 Å². The van der Waals surface area contributed by atoms with E-state index in [1.165, 1.54) is 24.0 Å². The maximum atomic E-state index is 12.6. The number of phenols is 1. The van der Waals surface area contributed by atoms with E-state index in [1.54, 1.807) is 22.8 Å². The molecule has 116 valence electrons. The molecule has 0 saturated carbocycles. The molecule has 23 heavy (non-hydrogen) atoms. The predicted octanol–water partition coefficient (Wildman–Crippen LogP) is 3.55. The van der Waals surface area contributed by atoms with Gasteiger partial charge in [0.15, 0.2) is 5.16 Å². The minimum absolute atomic E-state index is 0.0247. The molecule has 5 nitrogen and oxygen atoms in total. The first-order valence-corrected chi connectivity index (χ1v) is 8.19. The van der Waals surface area contributed by atoms with E-state index in [4.69, 9.17) is 0 Å². The first-order valence-electron chi connectivity index (χ1n) is 6.97. The number of thioether (sulfide) groups is 1. The van der Waals surface area contributed by atoms with E-state index < -0.39 is 0 Å². The number of hydrogen-bond donors (Lipinski definition) is 2. The van der Waals surface area contributed by atoms with Crippen LogP contribution in [0.2, 0.25) is 0 Å². The zero-order chi connectivity index (χ0) is 16.2. The first-order chi connectivity index (χ1) is 11.2. The predicted molar refractivity (Wildman–Crippen MR) is 91.4 cm³/mol. The quantitative estimate of drug-likeness (QED) is 0.568. The van der Waals surface area contributed by atoms with Crippen molar-refractivity contribution in [2.24, 2.45) is 0 Å². The number of aromatic hydroxyl groups is 1. The lowest BCUT2D eigenvalue weighted by Gasteiger charge is -2.11. The average molecular weight is 325 g/mol. The summed E-state index contributed by atoms with van der Waals surface area (Å²) in [7, 11) is 0. The molecule has 0 aliphatic rings. The summed E-state index contributed by atoms with van der Waals surface area (Å²) < 4.78 is 1.79. The van der Waals surface area contributed by atoms with E-state index in [-0.39, 0.29) is 11.7 Å². The summed E-state index contributed by atoms with van der Waals surface area (Å²) in [4.78, 5) is 16.9. The average Bonchev–Trinajstić information content (AvgIpc) is 3.02. The van der Waals surface area contributed by atoms with E-state index in [0.717, 1.165) is 10.8 Å². The first kappa shape index (κ1) is 15.2. The summed E-state index contributed by atoms with van der Waals surface area (Å²) in [6.45, 7) is 0. The summed E-state index contributed by atoms with van der Waals surface area (Å²) in [5, 5.41) is 13.2. The maximum Gasteiger partial charge on any atom is 0.274 e. The van der Waals surface area contributed by atoms with Gasteiger partial charge in [-0.2, -0.15) is 0 Å². The van der Waals surface area contributed by atoms with Gasteiger partial charge in [0.2, 0.25) is 0 Å². The molecule has 3 aromatic rings. The fourth-order valence-electron chi connectivity index (χ4n) is 2.23. The molecular formula is C17H15N3O2S. The van der Waals surface area contributed by atoms with Gasteiger partial charge in [0, 0.05) is 5.69 Å². The molecule has 2 aromatic carbocycles. The van der Waals surface area contributed by atoms with E-state index in [9.17, 15) is 9.90 Å². The van der Waals surface area contributed by atoms with Crippen LogP contribution in [0.1, 0.15) is 10.5 Å². The van der Waals surface area contributed by atoms with E-state index >= 15 is 0 Å². The fraction of sp³-hybridized carbons (Fsp3) is 0.0588. The van der Waals surface area contributed by atoms with Crippen LogP contribution in [-0.2, 0) is 0 Å². The van der Waals surface area contributed by atoms with Crippen molar-refractivity contribution in [1.82, 2.24) is 9.55 Å². The van der Waals surface area contributed by atoms with Crippen LogP contribution in [0, 0.1) is 0 Å². The number of rotatable bonds is 4. The normalized spacial score (nSPS) is 10.5. The van der Waals surface area contributed by atoms with Crippen LogP contribution < -0.4 is 5.32 Å². The molecule has 0 spiro atoms. The van der Waals surface area contributed by atoms with Crippen LogP contribution in [-0.4, -0.2) is 26.8 Å². The molecule has 3 rings (SSSR count). The molecule has 0 fully saturated rings. The van der Waals surface area contributed by atoms with Crippen molar-refractivity contribution >= 4 is 23.4 Å². The van der Waals surface area contributed by atoms with Crippen molar-refractivity contribution < 1.29 is 9.90 Å². The standard InChI is InChI=1S/C17H15N3O2S/c1-23-17-18-11-14(20(17)12-7-3-2-4-8-12)16(22)19-13-9-5-6-10-15(13)21/h2-11,21H,1H3,(H,19,22). The monoisotopic (exact) mass is 325 g/mol. The third-order valence-corrected chi connectivity index (χ3v) is 3.96. The van der Waals surface area contributed by atoms with Gasteiger partial charge < -0.3 is 10.4 Å². The van der Waals surface area contributed by atoms with Gasteiger partial charge in [0.25, 0.3) is 5.91 Å². The zero-order valence-corrected chi connectivity index (χ0v) is 13.2. The number of para-hydroxylation sites is 3. The van der Waals surface area contributed by atoms with Gasteiger partial charge in [-0.05, 0) is 30.5 Å². The third-order valence-electron chi connectivity index (χ3n) is 3.31. The largest absolute Gasteiger partial charge is 0.506 e. The minimum Gasteiger partial charge on any atom is -0.506 e. The summed E-state index contributed by atoms with van der Waals surface area (Å²) >= 11 is 1.46. The van der Waals surface area contributed by atoms with Gasteiger partial charge in [0.05, 0.1) is 11.9 Å². The van der Waals surface area contributed by atoms with Crippen molar-refractivity contribution in [3.05, 3.63) is 66.5 Å². The Hall–Kier alpha value is -2.73. The summed E-state index contributed by atoms with van der Waals surface area (Å²) in [5.41, 5.74) is 1.63. The topological polar surface area (TPSA) is 67.2 Å². The Kier molecular flexibility index (Phi) is 4.34. The van der Waals surface area contributed by atoms with Gasteiger partial charge in [-0.15, -0.1) is 0 Å². The zero-order valence-electron chi connectivity index (χ0n) is 12.4. The molecule has 0 atom stereocenters. The van der Waals surface area contributed by atoms with Crippen LogP contribution in [0.25, 0.3) is 5.69 Å². The van der Waals surface area contributed by atoms with Crippen molar-refractivity contribution in [3.8, 4) is 11.4 Å². The molecule has 1 heterocycles. The van der Waals surface area contributed by atoms with Crippen molar-refractivity contribution in [1.29, 1.82) is 0 Å². The second-order valence-electron chi connectivity index (χ2n) is 4.77. The number of nitrogens with one attached hydrogen (secondary N) is 1. The van der Waals surface area contributed by atoms with Crippen molar-refractivity contribution in [2.45, 2.75) is 5.16 Å².